The number of piperidine rings is 1. The summed E-state index contributed by atoms with van der Waals surface area (Å²) in [4.78, 5) is 7.87. The first kappa shape index (κ1) is 13.0. The van der Waals surface area contributed by atoms with Gasteiger partial charge in [0, 0.05) is 23.0 Å². The second kappa shape index (κ2) is 5.53. The molecule has 1 aromatic carbocycles. The molecule has 0 saturated carbocycles. The van der Waals surface area contributed by atoms with Gasteiger partial charge in [0.05, 0.1) is 16.9 Å². The van der Waals surface area contributed by atoms with Crippen molar-refractivity contribution in [1.82, 2.24) is 15.3 Å². The number of nitrogens with zero attached hydrogens (tertiary/aromatic N) is 1. The van der Waals surface area contributed by atoms with Crippen molar-refractivity contribution < 1.29 is 0 Å². The van der Waals surface area contributed by atoms with E-state index in [2.05, 4.69) is 15.3 Å². The molecule has 1 aromatic heterocycles. The third kappa shape index (κ3) is 2.78. The Hall–Kier alpha value is -1.03. The van der Waals surface area contributed by atoms with Crippen LogP contribution in [0.4, 0.5) is 0 Å². The summed E-state index contributed by atoms with van der Waals surface area (Å²) in [7, 11) is 0. The van der Waals surface area contributed by atoms with Gasteiger partial charge in [-0.3, -0.25) is 0 Å². The zero-order valence-corrected chi connectivity index (χ0v) is 11.9. The van der Waals surface area contributed by atoms with E-state index in [4.69, 9.17) is 23.2 Å². The molecule has 0 radical (unpaired) electrons. The van der Waals surface area contributed by atoms with Gasteiger partial charge in [-0.25, -0.2) is 4.98 Å². The maximum absolute atomic E-state index is 6.21. The predicted molar refractivity (Wildman–Crippen MR) is 78.9 cm³/mol. The first-order valence-corrected chi connectivity index (χ1v) is 7.20. The van der Waals surface area contributed by atoms with E-state index in [0.29, 0.717) is 16.0 Å². The van der Waals surface area contributed by atoms with Crippen LogP contribution in [-0.4, -0.2) is 23.1 Å². The number of aromatic nitrogens is 2. The molecular formula is C14H15Cl2N3. The fraction of sp³-hybridized carbons (Fsp3) is 0.357. The molecule has 1 aliphatic rings. The minimum atomic E-state index is 0.466. The van der Waals surface area contributed by atoms with Gasteiger partial charge in [-0.2, -0.15) is 0 Å². The molecule has 1 aliphatic heterocycles. The Bertz CT molecular complexity index is 574. The minimum Gasteiger partial charge on any atom is -0.342 e. The van der Waals surface area contributed by atoms with Crippen molar-refractivity contribution in [2.45, 2.75) is 18.8 Å². The molecule has 1 atom stereocenters. The monoisotopic (exact) mass is 295 g/mol. The summed E-state index contributed by atoms with van der Waals surface area (Å²) in [5.41, 5.74) is 1.89. The highest BCUT2D eigenvalue weighted by atomic mass is 35.5. The van der Waals surface area contributed by atoms with Crippen LogP contribution in [0.3, 0.4) is 0 Å². The van der Waals surface area contributed by atoms with Crippen LogP contribution < -0.4 is 5.32 Å². The summed E-state index contributed by atoms with van der Waals surface area (Å²) in [5, 5.41) is 4.68. The van der Waals surface area contributed by atoms with Crippen LogP contribution in [0.5, 0.6) is 0 Å². The van der Waals surface area contributed by atoms with Crippen LogP contribution in [0, 0.1) is 0 Å². The van der Waals surface area contributed by atoms with E-state index in [1.165, 1.54) is 12.8 Å². The summed E-state index contributed by atoms with van der Waals surface area (Å²) >= 11 is 12.1. The molecule has 1 fully saturated rings. The highest BCUT2D eigenvalue weighted by Gasteiger charge is 2.18. The van der Waals surface area contributed by atoms with Gasteiger partial charge in [0.1, 0.15) is 5.82 Å². The number of halogens is 2. The van der Waals surface area contributed by atoms with Crippen molar-refractivity contribution >= 4 is 23.2 Å². The molecule has 0 bridgehead atoms. The molecule has 3 rings (SSSR count). The maximum Gasteiger partial charge on any atom is 0.110 e. The van der Waals surface area contributed by atoms with E-state index < -0.39 is 0 Å². The molecule has 0 spiro atoms. The van der Waals surface area contributed by atoms with Gasteiger partial charge in [0.25, 0.3) is 0 Å². The van der Waals surface area contributed by atoms with Crippen LogP contribution in [0.15, 0.2) is 24.4 Å². The van der Waals surface area contributed by atoms with Gasteiger partial charge in [-0.15, -0.1) is 0 Å². The zero-order valence-electron chi connectivity index (χ0n) is 10.4. The highest BCUT2D eigenvalue weighted by Crippen LogP contribution is 2.30. The lowest BCUT2D eigenvalue weighted by atomic mass is 9.99. The average molecular weight is 296 g/mol. The van der Waals surface area contributed by atoms with Crippen molar-refractivity contribution in [2.24, 2.45) is 0 Å². The van der Waals surface area contributed by atoms with Crippen LogP contribution in [-0.2, 0) is 0 Å². The first-order chi connectivity index (χ1) is 9.24. The number of imidazole rings is 1. The average Bonchev–Trinajstić information content (AvgIpc) is 2.89. The van der Waals surface area contributed by atoms with Crippen molar-refractivity contribution in [2.75, 3.05) is 13.1 Å². The topological polar surface area (TPSA) is 40.7 Å². The molecule has 0 amide bonds. The van der Waals surface area contributed by atoms with Crippen molar-refractivity contribution in [1.29, 1.82) is 0 Å². The third-order valence-electron chi connectivity index (χ3n) is 3.50. The molecule has 3 nitrogen and oxygen atoms in total. The van der Waals surface area contributed by atoms with Crippen LogP contribution >= 0.6 is 23.2 Å². The van der Waals surface area contributed by atoms with Gasteiger partial charge < -0.3 is 10.3 Å². The summed E-state index contributed by atoms with van der Waals surface area (Å²) in [6.45, 7) is 2.09. The van der Waals surface area contributed by atoms with Gasteiger partial charge in [-0.1, -0.05) is 23.2 Å². The second-order valence-corrected chi connectivity index (χ2v) is 5.69. The number of H-pyrrole nitrogens is 1. The quantitative estimate of drug-likeness (QED) is 0.883. The van der Waals surface area contributed by atoms with E-state index in [1.807, 2.05) is 18.3 Å². The Labute approximate surface area is 122 Å². The molecule has 2 N–H and O–H groups in total. The largest absolute Gasteiger partial charge is 0.342 e. The van der Waals surface area contributed by atoms with Gasteiger partial charge in [0.2, 0.25) is 0 Å². The number of aromatic amines is 1. The lowest BCUT2D eigenvalue weighted by molar-refractivity contribution is 0.449. The van der Waals surface area contributed by atoms with Crippen molar-refractivity contribution in [3.8, 4) is 11.3 Å². The normalized spacial score (nSPS) is 19.6. The molecule has 100 valence electrons. The zero-order chi connectivity index (χ0) is 13.2. The van der Waals surface area contributed by atoms with E-state index in [0.717, 1.165) is 30.2 Å². The summed E-state index contributed by atoms with van der Waals surface area (Å²) < 4.78 is 0. The first-order valence-electron chi connectivity index (χ1n) is 6.45. The fourth-order valence-corrected chi connectivity index (χ4v) is 2.98. The number of rotatable bonds is 2. The summed E-state index contributed by atoms with van der Waals surface area (Å²) in [6.07, 6.45) is 4.22. The fourth-order valence-electron chi connectivity index (χ4n) is 2.47. The predicted octanol–water partition coefficient (Wildman–Crippen LogP) is 3.85. The Balaban J connectivity index is 1.87. The molecule has 5 heteroatoms. The van der Waals surface area contributed by atoms with E-state index in [1.54, 1.807) is 6.07 Å². The van der Waals surface area contributed by atoms with Crippen molar-refractivity contribution in [3.05, 3.63) is 40.3 Å². The van der Waals surface area contributed by atoms with Crippen LogP contribution in [0.2, 0.25) is 10.0 Å². The maximum atomic E-state index is 6.21. The number of hydrogen-bond acceptors (Lipinski definition) is 2. The SMILES string of the molecule is Clc1ccc(-c2cnc(C3CCCNC3)[nH]2)c(Cl)c1. The standard InChI is InChI=1S/C14H15Cl2N3/c15-10-3-4-11(12(16)6-10)13-8-18-14(19-13)9-2-1-5-17-7-9/h3-4,6,8-9,17H,1-2,5,7H2,(H,18,19). The lowest BCUT2D eigenvalue weighted by Crippen LogP contribution is -2.28. The Morgan fingerprint density at radius 1 is 1.26 bits per heavy atom. The third-order valence-corrected chi connectivity index (χ3v) is 4.05. The van der Waals surface area contributed by atoms with Gasteiger partial charge in [-0.05, 0) is 37.6 Å². The second-order valence-electron chi connectivity index (χ2n) is 4.85. The minimum absolute atomic E-state index is 0.466. The number of nitrogens with one attached hydrogen (secondary N) is 2. The van der Waals surface area contributed by atoms with Gasteiger partial charge in [0.15, 0.2) is 0 Å². The van der Waals surface area contributed by atoms with E-state index in [9.17, 15) is 0 Å². The molecular weight excluding hydrogens is 281 g/mol. The van der Waals surface area contributed by atoms with Crippen LogP contribution in [0.25, 0.3) is 11.3 Å². The molecule has 2 heterocycles. The number of hydrogen-bond donors (Lipinski definition) is 2. The Morgan fingerprint density at radius 3 is 2.89 bits per heavy atom. The molecule has 2 aromatic rings. The van der Waals surface area contributed by atoms with Crippen molar-refractivity contribution in [3.63, 3.8) is 0 Å². The van der Waals surface area contributed by atoms with Gasteiger partial charge >= 0.3 is 0 Å². The van der Waals surface area contributed by atoms with Crippen LogP contribution in [0.1, 0.15) is 24.6 Å². The molecule has 1 saturated heterocycles. The molecule has 0 aliphatic carbocycles. The van der Waals surface area contributed by atoms with E-state index >= 15 is 0 Å². The molecule has 1 unspecified atom stereocenters. The number of benzene rings is 1. The summed E-state index contributed by atoms with van der Waals surface area (Å²) in [5.74, 6) is 1.50. The summed E-state index contributed by atoms with van der Waals surface area (Å²) in [6, 6.07) is 5.51. The lowest BCUT2D eigenvalue weighted by Gasteiger charge is -2.20. The Kier molecular flexibility index (Phi) is 3.78. The smallest absolute Gasteiger partial charge is 0.110 e. The molecule has 19 heavy (non-hydrogen) atoms. The Morgan fingerprint density at radius 2 is 2.16 bits per heavy atom. The van der Waals surface area contributed by atoms with E-state index in [-0.39, 0.29) is 0 Å². The highest BCUT2D eigenvalue weighted by molar-refractivity contribution is 6.36.